The molecule has 0 spiro atoms. The van der Waals surface area contributed by atoms with Crippen LogP contribution in [0.25, 0.3) is 11.1 Å². The number of aliphatic imine (C=N–C) groups is 1. The molecule has 0 saturated carbocycles. The lowest BCUT2D eigenvalue weighted by Gasteiger charge is -2.47. The number of halogens is 5. The molecule has 1 saturated heterocycles. The van der Waals surface area contributed by atoms with E-state index >= 15 is 4.39 Å². The summed E-state index contributed by atoms with van der Waals surface area (Å²) in [5.41, 5.74) is -1.65. The zero-order valence-corrected chi connectivity index (χ0v) is 29.0. The molecule has 0 unspecified atom stereocenters. The number of benzene rings is 2. The van der Waals surface area contributed by atoms with Crippen molar-refractivity contribution in [3.8, 4) is 11.1 Å². The van der Waals surface area contributed by atoms with Gasteiger partial charge in [0.1, 0.15) is 28.9 Å². The van der Waals surface area contributed by atoms with Gasteiger partial charge in [0.15, 0.2) is 0 Å². The van der Waals surface area contributed by atoms with Crippen LogP contribution in [-0.4, -0.2) is 103 Å². The van der Waals surface area contributed by atoms with Crippen LogP contribution >= 0.6 is 11.8 Å². The van der Waals surface area contributed by atoms with Gasteiger partial charge in [0.2, 0.25) is 0 Å². The molecular formula is C34H43F5N6O2S. The second kappa shape index (κ2) is 13.9. The number of nitrogens with zero attached hydrogens (tertiary/aromatic N) is 5. The number of piperazine rings is 1. The van der Waals surface area contributed by atoms with E-state index in [2.05, 4.69) is 16.8 Å². The van der Waals surface area contributed by atoms with Gasteiger partial charge in [-0.05, 0) is 59.5 Å². The Kier molecular flexibility index (Phi) is 10.4. The number of rotatable bonds is 7. The molecule has 0 bridgehead atoms. The first-order valence-corrected chi connectivity index (χ1v) is 17.1. The fourth-order valence-electron chi connectivity index (χ4n) is 6.41. The molecule has 262 valence electrons. The minimum absolute atomic E-state index is 0.199. The predicted molar refractivity (Wildman–Crippen MR) is 179 cm³/mol. The van der Waals surface area contributed by atoms with Crippen molar-refractivity contribution in [3.05, 3.63) is 59.4 Å². The third kappa shape index (κ3) is 7.45. The Hall–Kier alpha value is -3.36. The summed E-state index contributed by atoms with van der Waals surface area (Å²) in [5.74, 6) is -0.902. The van der Waals surface area contributed by atoms with Crippen LogP contribution in [0.5, 0.6) is 0 Å². The molecule has 1 amide bonds. The van der Waals surface area contributed by atoms with Crippen LogP contribution < -0.4 is 10.2 Å². The maximum atomic E-state index is 15.3. The smallest absolute Gasteiger partial charge is 0.417 e. The average Bonchev–Trinajstić information content (AvgIpc) is 2.98. The summed E-state index contributed by atoms with van der Waals surface area (Å²) in [6.07, 6.45) is -5.33. The Labute approximate surface area is 283 Å². The van der Waals surface area contributed by atoms with Crippen LogP contribution in [0.1, 0.15) is 45.7 Å². The topological polar surface area (TPSA) is 63.7 Å². The molecule has 3 aliphatic heterocycles. The van der Waals surface area contributed by atoms with E-state index in [9.17, 15) is 22.4 Å². The Morgan fingerprint density at radius 2 is 1.90 bits per heavy atom. The molecule has 3 aliphatic rings. The number of alkyl halides is 3. The number of carbonyl (C=O) groups excluding carboxylic acids is 1. The number of likely N-dealkylation sites (N-methyl/N-ethyl adjacent to an activating group) is 2. The van der Waals surface area contributed by atoms with E-state index in [-0.39, 0.29) is 46.8 Å². The Balaban J connectivity index is 1.63. The first-order chi connectivity index (χ1) is 22.5. The van der Waals surface area contributed by atoms with Crippen molar-refractivity contribution in [3.63, 3.8) is 0 Å². The largest absolute Gasteiger partial charge is 0.444 e. The lowest BCUT2D eigenvalue weighted by molar-refractivity contribution is -0.137. The number of amides is 1. The number of amidine groups is 1. The molecule has 3 heterocycles. The zero-order valence-electron chi connectivity index (χ0n) is 28.2. The minimum atomic E-state index is -4.86. The van der Waals surface area contributed by atoms with Crippen molar-refractivity contribution >= 4 is 29.4 Å². The molecule has 2 aromatic rings. The van der Waals surface area contributed by atoms with E-state index in [0.717, 1.165) is 37.8 Å². The van der Waals surface area contributed by atoms with Crippen LogP contribution in [0.2, 0.25) is 0 Å². The highest BCUT2D eigenvalue weighted by Crippen LogP contribution is 2.54. The van der Waals surface area contributed by atoms with Gasteiger partial charge in [-0.1, -0.05) is 13.5 Å². The van der Waals surface area contributed by atoms with Gasteiger partial charge in [-0.25, -0.2) is 18.6 Å². The summed E-state index contributed by atoms with van der Waals surface area (Å²) < 4.78 is 79.8. The van der Waals surface area contributed by atoms with Crippen molar-refractivity contribution in [2.45, 2.75) is 63.4 Å². The summed E-state index contributed by atoms with van der Waals surface area (Å²) in [5, 5.41) is 3.30. The van der Waals surface area contributed by atoms with Crippen LogP contribution in [0.4, 0.5) is 32.4 Å². The monoisotopic (exact) mass is 694 g/mol. The summed E-state index contributed by atoms with van der Waals surface area (Å²) >= 11 is 1.23. The lowest BCUT2D eigenvalue weighted by atomic mass is 9.92. The molecule has 14 heteroatoms. The Bertz CT molecular complexity index is 1590. The van der Waals surface area contributed by atoms with Crippen molar-refractivity contribution in [2.75, 3.05) is 63.5 Å². The summed E-state index contributed by atoms with van der Waals surface area (Å²) in [6.45, 7) is 17.3. The summed E-state index contributed by atoms with van der Waals surface area (Å²) in [6, 6.07) is 3.15. The molecule has 2 atom stereocenters. The zero-order chi connectivity index (χ0) is 35.1. The normalized spacial score (nSPS) is 19.9. The van der Waals surface area contributed by atoms with E-state index in [1.54, 1.807) is 25.7 Å². The van der Waals surface area contributed by atoms with Crippen molar-refractivity contribution < 1.29 is 31.5 Å². The van der Waals surface area contributed by atoms with Gasteiger partial charge in [0, 0.05) is 78.7 Å². The highest BCUT2D eigenvalue weighted by atomic mass is 32.2. The fourth-order valence-corrected chi connectivity index (χ4v) is 7.73. The second-order valence-electron chi connectivity index (χ2n) is 13.4. The van der Waals surface area contributed by atoms with Gasteiger partial charge in [0.25, 0.3) is 0 Å². The van der Waals surface area contributed by atoms with E-state index in [0.29, 0.717) is 42.3 Å². The molecule has 0 aromatic heterocycles. The fraction of sp³-hybridized carbons (Fsp3) is 0.529. The maximum absolute atomic E-state index is 15.3. The Morgan fingerprint density at radius 1 is 1.17 bits per heavy atom. The molecule has 1 N–H and O–H groups in total. The van der Waals surface area contributed by atoms with Gasteiger partial charge in [0.05, 0.1) is 17.3 Å². The third-order valence-corrected chi connectivity index (χ3v) is 9.77. The molecular weight excluding hydrogens is 651 g/mol. The molecule has 2 aromatic carbocycles. The maximum Gasteiger partial charge on any atom is 0.417 e. The quantitative estimate of drug-likeness (QED) is 0.258. The average molecular weight is 695 g/mol. The lowest BCUT2D eigenvalue weighted by Crippen LogP contribution is -2.57. The molecule has 0 aliphatic carbocycles. The predicted octanol–water partition coefficient (Wildman–Crippen LogP) is 6.65. The van der Waals surface area contributed by atoms with E-state index in [4.69, 9.17) is 9.73 Å². The van der Waals surface area contributed by atoms with Crippen LogP contribution in [0, 0.1) is 11.6 Å². The van der Waals surface area contributed by atoms with E-state index in [1.165, 1.54) is 11.8 Å². The van der Waals surface area contributed by atoms with Crippen LogP contribution in [0.15, 0.2) is 46.6 Å². The van der Waals surface area contributed by atoms with E-state index in [1.807, 2.05) is 30.7 Å². The number of hydrogen-bond donors (Lipinski definition) is 1. The molecule has 5 rings (SSSR count). The standard InChI is InChI=1S/C34H43F5N6O2S/c1-8-40-11-12-42(7)18-23-19-48-30-28(24-10-9-22(35)15-27(24)36)26(34(37,38)39)16-25-29(30)45(23)21(3)41-31(25)44-14-13-43(17-20(44)2)32(46)47-33(4,5)6/h9-10,15-16,20,23,40H,3,8,11-14,17-19H2,1-2,4-7H3/t20-,23-/m0/s1. The first kappa shape index (κ1) is 35.9. The highest BCUT2D eigenvalue weighted by Gasteiger charge is 2.45. The number of thioether (sulfide) groups is 1. The van der Waals surface area contributed by atoms with Gasteiger partial charge in [-0.3, -0.25) is 0 Å². The van der Waals surface area contributed by atoms with Gasteiger partial charge in [-0.15, -0.1) is 11.8 Å². The Morgan fingerprint density at radius 3 is 2.52 bits per heavy atom. The van der Waals surface area contributed by atoms with Gasteiger partial charge in [-0.2, -0.15) is 13.2 Å². The molecule has 1 fully saturated rings. The van der Waals surface area contributed by atoms with Gasteiger partial charge < -0.3 is 29.7 Å². The number of nitrogens with one attached hydrogen (secondary N) is 1. The van der Waals surface area contributed by atoms with Crippen molar-refractivity contribution in [1.82, 2.24) is 20.0 Å². The first-order valence-electron chi connectivity index (χ1n) is 16.1. The molecule has 0 radical (unpaired) electrons. The number of hydrogen-bond acceptors (Lipinski definition) is 8. The number of carbonyl (C=O) groups is 1. The minimum Gasteiger partial charge on any atom is -0.444 e. The summed E-state index contributed by atoms with van der Waals surface area (Å²) in [7, 11) is 1.98. The SMILES string of the molecule is C=C1N=C(N2CCN(C(=O)OC(C)(C)C)C[C@@H]2C)c2cc(C(F)(F)F)c(-c3ccc(F)cc3F)c3c2N1[C@@H](CN(C)CCNCC)CS3. The highest BCUT2D eigenvalue weighted by molar-refractivity contribution is 7.99. The van der Waals surface area contributed by atoms with Crippen molar-refractivity contribution in [2.24, 2.45) is 4.99 Å². The van der Waals surface area contributed by atoms with E-state index < -0.39 is 35.1 Å². The van der Waals surface area contributed by atoms with Crippen LogP contribution in [-0.2, 0) is 10.9 Å². The number of ether oxygens (including phenoxy) is 1. The van der Waals surface area contributed by atoms with Gasteiger partial charge >= 0.3 is 12.3 Å². The summed E-state index contributed by atoms with van der Waals surface area (Å²) in [4.78, 5) is 25.5. The number of anilines is 1. The second-order valence-corrected chi connectivity index (χ2v) is 14.4. The molecule has 8 nitrogen and oxygen atoms in total. The molecule has 48 heavy (non-hydrogen) atoms. The van der Waals surface area contributed by atoms with Crippen molar-refractivity contribution in [1.29, 1.82) is 0 Å². The van der Waals surface area contributed by atoms with Crippen LogP contribution in [0.3, 0.4) is 0 Å². The third-order valence-electron chi connectivity index (χ3n) is 8.54.